The second-order valence-corrected chi connectivity index (χ2v) is 3.00. The number of benzene rings is 1. The van der Waals surface area contributed by atoms with Gasteiger partial charge in [-0.25, -0.2) is 0 Å². The Balaban J connectivity index is 0.00000121. The van der Waals surface area contributed by atoms with Gasteiger partial charge in [0.1, 0.15) is 0 Å². The van der Waals surface area contributed by atoms with Gasteiger partial charge in [-0.05, 0) is 30.7 Å². The van der Waals surface area contributed by atoms with Crippen LogP contribution in [0.1, 0.15) is 18.5 Å². The lowest BCUT2D eigenvalue weighted by Crippen LogP contribution is -2.07. The molecule has 0 aliphatic rings. The third-order valence-corrected chi connectivity index (χ3v) is 1.77. The van der Waals surface area contributed by atoms with E-state index in [1.165, 1.54) is 0 Å². The Morgan fingerprint density at radius 3 is 2.42 bits per heavy atom. The number of nitrogen functional groups attached to an aromatic ring is 1. The molecule has 0 spiro atoms. The van der Waals surface area contributed by atoms with Crippen LogP contribution in [-0.4, -0.2) is 0 Å². The molecular weight excluding hydrogens is 195 g/mol. The van der Waals surface area contributed by atoms with E-state index in [0.717, 1.165) is 5.56 Å². The fourth-order valence-electron chi connectivity index (χ4n) is 0.940. The third kappa shape index (κ3) is 2.55. The minimum absolute atomic E-state index is 0. The highest BCUT2D eigenvalue weighted by Crippen LogP contribution is 2.22. The van der Waals surface area contributed by atoms with Crippen molar-refractivity contribution in [3.05, 3.63) is 28.8 Å². The zero-order valence-corrected chi connectivity index (χ0v) is 8.32. The van der Waals surface area contributed by atoms with E-state index in [2.05, 4.69) is 0 Å². The molecule has 0 aromatic heterocycles. The predicted octanol–water partition coefficient (Wildman–Crippen LogP) is 2.36. The molecule has 0 aliphatic heterocycles. The van der Waals surface area contributed by atoms with Gasteiger partial charge in [-0.3, -0.25) is 0 Å². The molecule has 0 bridgehead atoms. The SMILES string of the molecule is C[C@@H](N)c1cc(Cl)ccc1N.Cl. The largest absolute Gasteiger partial charge is 0.398 e. The Kier molecular flexibility index (Phi) is 4.39. The van der Waals surface area contributed by atoms with Crippen molar-refractivity contribution in [2.24, 2.45) is 5.73 Å². The van der Waals surface area contributed by atoms with Crippen LogP contribution in [0, 0.1) is 0 Å². The van der Waals surface area contributed by atoms with Crippen LogP contribution in [0.4, 0.5) is 5.69 Å². The molecule has 4 heteroatoms. The number of hydrogen-bond donors (Lipinski definition) is 2. The summed E-state index contributed by atoms with van der Waals surface area (Å²) in [5.41, 5.74) is 12.9. The summed E-state index contributed by atoms with van der Waals surface area (Å²) < 4.78 is 0. The van der Waals surface area contributed by atoms with E-state index in [9.17, 15) is 0 Å². The summed E-state index contributed by atoms with van der Waals surface area (Å²) in [4.78, 5) is 0. The molecule has 0 amide bonds. The molecule has 0 heterocycles. The normalized spacial score (nSPS) is 11.9. The maximum absolute atomic E-state index is 5.75. The maximum Gasteiger partial charge on any atom is 0.0410 e. The summed E-state index contributed by atoms with van der Waals surface area (Å²) in [5, 5.41) is 0.673. The summed E-state index contributed by atoms with van der Waals surface area (Å²) in [7, 11) is 0. The molecule has 1 atom stereocenters. The molecule has 1 aromatic carbocycles. The van der Waals surface area contributed by atoms with Crippen LogP contribution in [0.25, 0.3) is 0 Å². The summed E-state index contributed by atoms with van der Waals surface area (Å²) in [5.74, 6) is 0. The first-order valence-electron chi connectivity index (χ1n) is 3.42. The zero-order chi connectivity index (χ0) is 8.43. The second-order valence-electron chi connectivity index (χ2n) is 2.56. The van der Waals surface area contributed by atoms with Crippen molar-refractivity contribution in [2.75, 3.05) is 5.73 Å². The van der Waals surface area contributed by atoms with Gasteiger partial charge in [-0.1, -0.05) is 11.6 Å². The zero-order valence-electron chi connectivity index (χ0n) is 6.75. The molecule has 12 heavy (non-hydrogen) atoms. The molecule has 1 rings (SSSR count). The second kappa shape index (κ2) is 4.55. The Hall–Kier alpha value is -0.440. The highest BCUT2D eigenvalue weighted by molar-refractivity contribution is 6.30. The molecule has 0 unspecified atom stereocenters. The summed E-state index contributed by atoms with van der Waals surface area (Å²) >= 11 is 5.75. The molecule has 0 saturated carbocycles. The maximum atomic E-state index is 5.75. The van der Waals surface area contributed by atoms with E-state index >= 15 is 0 Å². The number of nitrogens with two attached hydrogens (primary N) is 2. The molecule has 0 aliphatic carbocycles. The van der Waals surface area contributed by atoms with Gasteiger partial charge in [0.2, 0.25) is 0 Å². The van der Waals surface area contributed by atoms with Crippen LogP contribution >= 0.6 is 24.0 Å². The van der Waals surface area contributed by atoms with E-state index in [-0.39, 0.29) is 18.4 Å². The van der Waals surface area contributed by atoms with Crippen LogP contribution in [0.5, 0.6) is 0 Å². The van der Waals surface area contributed by atoms with Crippen molar-refractivity contribution < 1.29 is 0 Å². The standard InChI is InChI=1S/C8H11ClN2.ClH/c1-5(10)7-4-6(9)2-3-8(7)11;/h2-5H,10-11H2,1H3;1H/t5-;/m1./s1. The Bertz CT molecular complexity index is 261. The average Bonchev–Trinajstić information content (AvgIpc) is 1.94. The molecule has 0 fully saturated rings. The molecule has 68 valence electrons. The molecule has 0 radical (unpaired) electrons. The van der Waals surface area contributed by atoms with Crippen LogP contribution in [0.15, 0.2) is 18.2 Å². The van der Waals surface area contributed by atoms with Gasteiger partial charge in [-0.15, -0.1) is 12.4 Å². The minimum Gasteiger partial charge on any atom is -0.398 e. The average molecular weight is 207 g/mol. The van der Waals surface area contributed by atoms with E-state index in [0.29, 0.717) is 10.7 Å². The van der Waals surface area contributed by atoms with Crippen molar-refractivity contribution in [1.29, 1.82) is 0 Å². The van der Waals surface area contributed by atoms with E-state index in [1.807, 2.05) is 6.92 Å². The minimum atomic E-state index is -0.0614. The molecule has 4 N–H and O–H groups in total. The summed E-state index contributed by atoms with van der Waals surface area (Å²) in [6, 6.07) is 5.25. The van der Waals surface area contributed by atoms with E-state index < -0.39 is 0 Å². The fourth-order valence-corrected chi connectivity index (χ4v) is 1.12. The number of halogens is 2. The van der Waals surface area contributed by atoms with E-state index in [1.54, 1.807) is 18.2 Å². The summed E-state index contributed by atoms with van der Waals surface area (Å²) in [6.45, 7) is 1.88. The van der Waals surface area contributed by atoms with Gasteiger partial charge in [-0.2, -0.15) is 0 Å². The summed E-state index contributed by atoms with van der Waals surface area (Å²) in [6.07, 6.45) is 0. The van der Waals surface area contributed by atoms with Crippen LogP contribution in [0.3, 0.4) is 0 Å². The number of rotatable bonds is 1. The first-order valence-corrected chi connectivity index (χ1v) is 3.79. The first kappa shape index (κ1) is 11.6. The van der Waals surface area contributed by atoms with Crippen molar-refractivity contribution >= 4 is 29.7 Å². The topological polar surface area (TPSA) is 52.0 Å². The van der Waals surface area contributed by atoms with Crippen molar-refractivity contribution in [2.45, 2.75) is 13.0 Å². The quantitative estimate of drug-likeness (QED) is 0.694. The van der Waals surface area contributed by atoms with Crippen LogP contribution in [0.2, 0.25) is 5.02 Å². The number of hydrogen-bond acceptors (Lipinski definition) is 2. The highest BCUT2D eigenvalue weighted by atomic mass is 35.5. The monoisotopic (exact) mass is 206 g/mol. The predicted molar refractivity (Wildman–Crippen MR) is 55.7 cm³/mol. The van der Waals surface area contributed by atoms with Gasteiger partial charge in [0.25, 0.3) is 0 Å². The lowest BCUT2D eigenvalue weighted by atomic mass is 10.1. The van der Waals surface area contributed by atoms with Crippen LogP contribution in [-0.2, 0) is 0 Å². The molecular formula is C8H12Cl2N2. The van der Waals surface area contributed by atoms with Gasteiger partial charge >= 0.3 is 0 Å². The van der Waals surface area contributed by atoms with Gasteiger partial charge in [0, 0.05) is 16.8 Å². The molecule has 2 nitrogen and oxygen atoms in total. The van der Waals surface area contributed by atoms with Crippen LogP contribution < -0.4 is 11.5 Å². The third-order valence-electron chi connectivity index (χ3n) is 1.54. The van der Waals surface area contributed by atoms with Crippen molar-refractivity contribution in [3.8, 4) is 0 Å². The lowest BCUT2D eigenvalue weighted by molar-refractivity contribution is 0.821. The molecule has 0 saturated heterocycles. The first-order chi connectivity index (χ1) is 5.11. The van der Waals surface area contributed by atoms with Gasteiger partial charge in [0.05, 0.1) is 0 Å². The van der Waals surface area contributed by atoms with Gasteiger partial charge in [0.15, 0.2) is 0 Å². The van der Waals surface area contributed by atoms with Crippen molar-refractivity contribution in [3.63, 3.8) is 0 Å². The van der Waals surface area contributed by atoms with Crippen molar-refractivity contribution in [1.82, 2.24) is 0 Å². The molecule has 1 aromatic rings. The number of anilines is 1. The Morgan fingerprint density at radius 1 is 1.42 bits per heavy atom. The highest BCUT2D eigenvalue weighted by Gasteiger charge is 2.03. The van der Waals surface area contributed by atoms with Gasteiger partial charge < -0.3 is 11.5 Å². The smallest absolute Gasteiger partial charge is 0.0410 e. The lowest BCUT2D eigenvalue weighted by Gasteiger charge is -2.08. The van der Waals surface area contributed by atoms with E-state index in [4.69, 9.17) is 23.1 Å². The Morgan fingerprint density at radius 2 is 2.00 bits per heavy atom. The fraction of sp³-hybridized carbons (Fsp3) is 0.250. The Labute approximate surface area is 83.3 Å².